The van der Waals surface area contributed by atoms with Crippen LogP contribution in [-0.4, -0.2) is 83.9 Å². The average Bonchev–Trinajstić information content (AvgIpc) is 2.76. The van der Waals surface area contributed by atoms with Gasteiger partial charge in [0.05, 0.1) is 0 Å². The molecule has 3 atom stereocenters. The number of carbonyl (C=O) groups is 2. The van der Waals surface area contributed by atoms with Gasteiger partial charge in [-0.15, -0.1) is 0 Å². The van der Waals surface area contributed by atoms with Crippen molar-refractivity contribution in [2.45, 2.75) is 58.0 Å². The number of likely N-dealkylation sites (tertiary alicyclic amines) is 1. The van der Waals surface area contributed by atoms with Crippen molar-refractivity contribution in [2.24, 2.45) is 5.92 Å². The second-order valence-corrected chi connectivity index (χ2v) is 9.30. The van der Waals surface area contributed by atoms with Crippen LogP contribution in [0.15, 0.2) is 36.2 Å². The van der Waals surface area contributed by atoms with Gasteiger partial charge in [0.15, 0.2) is 5.78 Å². The molecule has 1 aliphatic heterocycles. The number of pyridine rings is 1. The molecule has 0 radical (unpaired) electrons. The van der Waals surface area contributed by atoms with E-state index in [1.807, 2.05) is 55.2 Å². The van der Waals surface area contributed by atoms with E-state index < -0.39 is 0 Å². The molecule has 1 saturated heterocycles. The molecule has 1 aromatic heterocycles. The number of hydrogen-bond donors (Lipinski definition) is 1. The third-order valence-corrected chi connectivity index (χ3v) is 6.58. The number of amides is 2. The number of ketones is 1. The number of piperidine rings is 1. The summed E-state index contributed by atoms with van der Waals surface area (Å²) in [4.78, 5) is 36.4. The fraction of sp³-hybridized carbons (Fsp3) is 0.640. The van der Waals surface area contributed by atoms with E-state index in [0.29, 0.717) is 31.5 Å². The number of nitrogens with one attached hydrogen (secondary N) is 1. The maximum absolute atomic E-state index is 13.0. The number of fused-ring (bicyclic) bond motifs is 1. The number of Topliss-reactive ketones (excluding diaryl/α,β-unsaturated/α-hetero) is 1. The zero-order valence-corrected chi connectivity index (χ0v) is 20.1. The fourth-order valence-corrected chi connectivity index (χ4v) is 5.09. The molecule has 1 saturated carbocycles. The highest BCUT2D eigenvalue weighted by molar-refractivity contribution is 5.96. The molecule has 0 spiro atoms. The minimum Gasteiger partial charge on any atom is -0.383 e. The van der Waals surface area contributed by atoms with E-state index in [4.69, 9.17) is 0 Å². The first-order chi connectivity index (χ1) is 15.4. The van der Waals surface area contributed by atoms with Gasteiger partial charge in [-0.1, -0.05) is 13.0 Å². The standard InChI is InChI=1S/C25H39N5O2/c1-5-12-30-18-22(14-19-16-24(31)20(15-23(19)30)17-28(3)4)27-25(32)29(6-2)13-10-21-9-7-8-11-26-21/h7-9,11,17,19,22-23H,5-6,10,12-16,18H2,1-4H3,(H,27,32)/t19-,22+,23-/m1/s1. The van der Waals surface area contributed by atoms with Crippen molar-refractivity contribution in [2.75, 3.05) is 40.3 Å². The summed E-state index contributed by atoms with van der Waals surface area (Å²) in [6.07, 6.45) is 7.84. The van der Waals surface area contributed by atoms with Gasteiger partial charge in [-0.25, -0.2) is 4.79 Å². The van der Waals surface area contributed by atoms with Gasteiger partial charge in [0, 0.05) is 82.3 Å². The molecule has 0 bridgehead atoms. The number of likely N-dealkylation sites (N-methyl/N-ethyl adjacent to an activating group) is 1. The zero-order valence-electron chi connectivity index (χ0n) is 20.1. The molecule has 3 rings (SSSR count). The van der Waals surface area contributed by atoms with E-state index in [9.17, 15) is 9.59 Å². The monoisotopic (exact) mass is 441 g/mol. The van der Waals surface area contributed by atoms with Crippen molar-refractivity contribution in [3.8, 4) is 0 Å². The molecule has 1 aromatic rings. The first-order valence-electron chi connectivity index (χ1n) is 12.0. The maximum Gasteiger partial charge on any atom is 0.317 e. The molecule has 2 aliphatic rings. The van der Waals surface area contributed by atoms with Crippen LogP contribution in [0, 0.1) is 5.92 Å². The summed E-state index contributed by atoms with van der Waals surface area (Å²) in [6, 6.07) is 6.32. The number of aromatic nitrogens is 1. The summed E-state index contributed by atoms with van der Waals surface area (Å²) < 4.78 is 0. The van der Waals surface area contributed by atoms with Crippen LogP contribution in [-0.2, 0) is 11.2 Å². The number of carbonyl (C=O) groups excluding carboxylic acids is 2. The van der Waals surface area contributed by atoms with Crippen LogP contribution < -0.4 is 5.32 Å². The topological polar surface area (TPSA) is 68.8 Å². The molecule has 2 heterocycles. The molecular formula is C25H39N5O2. The summed E-state index contributed by atoms with van der Waals surface area (Å²) in [5, 5.41) is 3.28. The number of rotatable bonds is 8. The number of urea groups is 1. The maximum atomic E-state index is 13.0. The first kappa shape index (κ1) is 24.2. The molecule has 7 heteroatoms. The molecule has 2 fully saturated rings. The summed E-state index contributed by atoms with van der Waals surface area (Å²) >= 11 is 0. The van der Waals surface area contributed by atoms with Crippen LogP contribution in [0.25, 0.3) is 0 Å². The van der Waals surface area contributed by atoms with Crippen LogP contribution in [0.5, 0.6) is 0 Å². The van der Waals surface area contributed by atoms with Gasteiger partial charge in [0.2, 0.25) is 0 Å². The normalized spacial score (nSPS) is 24.8. The van der Waals surface area contributed by atoms with Crippen molar-refractivity contribution in [3.05, 3.63) is 41.9 Å². The Morgan fingerprint density at radius 3 is 2.75 bits per heavy atom. The summed E-state index contributed by atoms with van der Waals surface area (Å²) in [5.74, 6) is 0.560. The van der Waals surface area contributed by atoms with E-state index in [1.54, 1.807) is 6.20 Å². The molecule has 2 amide bonds. The second kappa shape index (κ2) is 11.5. The quantitative estimate of drug-likeness (QED) is 0.628. The second-order valence-electron chi connectivity index (χ2n) is 9.30. The third-order valence-electron chi connectivity index (χ3n) is 6.58. The minimum absolute atomic E-state index is 0.0151. The van der Waals surface area contributed by atoms with Crippen LogP contribution >= 0.6 is 0 Å². The molecule has 0 aromatic carbocycles. The van der Waals surface area contributed by atoms with Gasteiger partial charge in [-0.2, -0.15) is 0 Å². The highest BCUT2D eigenvalue weighted by Crippen LogP contribution is 2.36. The van der Waals surface area contributed by atoms with Crippen LogP contribution in [0.2, 0.25) is 0 Å². The Bertz CT molecular complexity index is 795. The molecule has 1 N–H and O–H groups in total. The Hall–Kier alpha value is -2.41. The largest absolute Gasteiger partial charge is 0.383 e. The van der Waals surface area contributed by atoms with Crippen LogP contribution in [0.1, 0.15) is 45.2 Å². The van der Waals surface area contributed by atoms with Crippen LogP contribution in [0.4, 0.5) is 4.79 Å². The van der Waals surface area contributed by atoms with Gasteiger partial charge in [0.1, 0.15) is 0 Å². The Morgan fingerprint density at radius 2 is 2.09 bits per heavy atom. The van der Waals surface area contributed by atoms with E-state index in [0.717, 1.165) is 50.0 Å². The molecular weight excluding hydrogens is 402 g/mol. The van der Waals surface area contributed by atoms with Crippen molar-refractivity contribution in [1.29, 1.82) is 0 Å². The predicted molar refractivity (Wildman–Crippen MR) is 127 cm³/mol. The van der Waals surface area contributed by atoms with E-state index in [-0.39, 0.29) is 17.9 Å². The Kier molecular flexibility index (Phi) is 8.67. The van der Waals surface area contributed by atoms with E-state index in [2.05, 4.69) is 22.1 Å². The molecule has 1 aliphatic carbocycles. The number of hydrogen-bond acceptors (Lipinski definition) is 5. The van der Waals surface area contributed by atoms with E-state index in [1.165, 1.54) is 0 Å². The predicted octanol–water partition coefficient (Wildman–Crippen LogP) is 2.93. The van der Waals surface area contributed by atoms with Gasteiger partial charge >= 0.3 is 6.03 Å². The van der Waals surface area contributed by atoms with Crippen molar-refractivity contribution in [1.82, 2.24) is 25.0 Å². The smallest absolute Gasteiger partial charge is 0.317 e. The Balaban J connectivity index is 1.62. The van der Waals surface area contributed by atoms with Gasteiger partial charge in [0.25, 0.3) is 0 Å². The summed E-state index contributed by atoms with van der Waals surface area (Å²) in [6.45, 7) is 7.35. The van der Waals surface area contributed by atoms with Crippen LogP contribution in [0.3, 0.4) is 0 Å². The molecule has 7 nitrogen and oxygen atoms in total. The van der Waals surface area contributed by atoms with Gasteiger partial charge < -0.3 is 15.1 Å². The lowest BCUT2D eigenvalue weighted by Crippen LogP contribution is -2.59. The highest BCUT2D eigenvalue weighted by atomic mass is 16.2. The molecule has 0 unspecified atom stereocenters. The average molecular weight is 442 g/mol. The molecule has 176 valence electrons. The lowest BCUT2D eigenvalue weighted by Gasteiger charge is -2.47. The lowest BCUT2D eigenvalue weighted by atomic mass is 9.74. The van der Waals surface area contributed by atoms with Crippen molar-refractivity contribution < 1.29 is 9.59 Å². The first-order valence-corrected chi connectivity index (χ1v) is 12.0. The minimum atomic E-state index is -0.0151. The summed E-state index contributed by atoms with van der Waals surface area (Å²) in [5.41, 5.74) is 1.93. The summed E-state index contributed by atoms with van der Waals surface area (Å²) in [7, 11) is 3.94. The zero-order chi connectivity index (χ0) is 23.1. The third kappa shape index (κ3) is 6.31. The van der Waals surface area contributed by atoms with Crippen molar-refractivity contribution in [3.63, 3.8) is 0 Å². The fourth-order valence-electron chi connectivity index (χ4n) is 5.09. The Labute approximate surface area is 192 Å². The van der Waals surface area contributed by atoms with Gasteiger partial charge in [-0.05, 0) is 50.8 Å². The van der Waals surface area contributed by atoms with E-state index >= 15 is 0 Å². The SMILES string of the molecule is CCCN1C[C@@H](NC(=O)N(CC)CCc2ccccn2)C[C@@H]2CC(=O)C(=CN(C)C)C[C@H]21. The van der Waals surface area contributed by atoms with Crippen molar-refractivity contribution >= 4 is 11.8 Å². The number of nitrogens with zero attached hydrogens (tertiary/aromatic N) is 4. The lowest BCUT2D eigenvalue weighted by molar-refractivity contribution is -0.119. The molecule has 32 heavy (non-hydrogen) atoms. The van der Waals surface area contributed by atoms with Gasteiger partial charge in [-0.3, -0.25) is 14.7 Å². The Morgan fingerprint density at radius 1 is 1.28 bits per heavy atom. The highest BCUT2D eigenvalue weighted by Gasteiger charge is 2.41.